The molecule has 1 N–H and O–H groups in total. The zero-order chi connectivity index (χ0) is 12.7. The first kappa shape index (κ1) is 11.7. The lowest BCUT2D eigenvalue weighted by molar-refractivity contribution is 0.360. The van der Waals surface area contributed by atoms with E-state index in [1.54, 1.807) is 0 Å². The molecule has 2 aromatic heterocycles. The van der Waals surface area contributed by atoms with Crippen molar-refractivity contribution in [1.82, 2.24) is 5.32 Å². The average molecular weight is 273 g/mol. The summed E-state index contributed by atoms with van der Waals surface area (Å²) in [4.78, 5) is 1.50. The molecule has 2 aliphatic rings. The molecule has 2 aromatic rings. The fraction of sp³-hybridized carbons (Fsp3) is 0.500. The van der Waals surface area contributed by atoms with Crippen LogP contribution in [0.4, 0.5) is 0 Å². The number of nitrogens with one attached hydrogen (secondary N) is 1. The first-order valence-corrected chi connectivity index (χ1v) is 8.15. The van der Waals surface area contributed by atoms with Crippen LogP contribution in [0, 0.1) is 5.92 Å². The van der Waals surface area contributed by atoms with Gasteiger partial charge in [0, 0.05) is 28.9 Å². The predicted octanol–water partition coefficient (Wildman–Crippen LogP) is 4.46. The second-order valence-electron chi connectivity index (χ2n) is 5.74. The lowest BCUT2D eigenvalue weighted by atomic mass is 9.92. The minimum absolute atomic E-state index is 0.482. The molecule has 100 valence electrons. The molecule has 0 saturated heterocycles. The van der Waals surface area contributed by atoms with Crippen LogP contribution in [-0.4, -0.2) is 0 Å². The molecule has 0 bridgehead atoms. The Morgan fingerprint density at radius 3 is 3.00 bits per heavy atom. The molecule has 1 fully saturated rings. The molecule has 3 heteroatoms. The highest BCUT2D eigenvalue weighted by molar-refractivity contribution is 7.10. The van der Waals surface area contributed by atoms with Crippen LogP contribution in [0.2, 0.25) is 0 Å². The van der Waals surface area contributed by atoms with Crippen molar-refractivity contribution in [1.29, 1.82) is 0 Å². The number of rotatable bonds is 4. The summed E-state index contributed by atoms with van der Waals surface area (Å²) in [5, 5.41) is 6.10. The van der Waals surface area contributed by atoms with E-state index < -0.39 is 0 Å². The Hall–Kier alpha value is -1.06. The van der Waals surface area contributed by atoms with Gasteiger partial charge in [0.1, 0.15) is 5.76 Å². The molecule has 2 atom stereocenters. The van der Waals surface area contributed by atoms with Crippen LogP contribution in [0.5, 0.6) is 0 Å². The first-order valence-electron chi connectivity index (χ1n) is 7.27. The molecule has 2 heterocycles. The Kier molecular flexibility index (Phi) is 2.97. The van der Waals surface area contributed by atoms with Crippen LogP contribution in [0.3, 0.4) is 0 Å². The van der Waals surface area contributed by atoms with Gasteiger partial charge >= 0.3 is 0 Å². The molecule has 0 aliphatic heterocycles. The number of hydrogen-bond donors (Lipinski definition) is 1. The Bertz CT molecular complexity index is 541. The summed E-state index contributed by atoms with van der Waals surface area (Å²) >= 11 is 1.89. The van der Waals surface area contributed by atoms with Gasteiger partial charge in [0.2, 0.25) is 0 Å². The largest absolute Gasteiger partial charge is 0.469 e. The Labute approximate surface area is 117 Å². The SMILES string of the molecule is c1csc(C(NC2CCCc3occc32)C2CC2)c1. The lowest BCUT2D eigenvalue weighted by Gasteiger charge is -2.28. The predicted molar refractivity (Wildman–Crippen MR) is 77.3 cm³/mol. The van der Waals surface area contributed by atoms with Crippen molar-refractivity contribution in [2.24, 2.45) is 5.92 Å². The van der Waals surface area contributed by atoms with Gasteiger partial charge in [-0.3, -0.25) is 0 Å². The minimum Gasteiger partial charge on any atom is -0.469 e. The van der Waals surface area contributed by atoms with Crippen molar-refractivity contribution >= 4 is 11.3 Å². The number of thiophene rings is 1. The molecule has 4 rings (SSSR count). The van der Waals surface area contributed by atoms with Crippen LogP contribution < -0.4 is 5.32 Å². The smallest absolute Gasteiger partial charge is 0.108 e. The van der Waals surface area contributed by atoms with E-state index >= 15 is 0 Å². The third-order valence-corrected chi connectivity index (χ3v) is 5.33. The molecule has 2 nitrogen and oxygen atoms in total. The Balaban J connectivity index is 1.57. The number of fused-ring (bicyclic) bond motifs is 1. The van der Waals surface area contributed by atoms with Gasteiger partial charge in [-0.1, -0.05) is 6.07 Å². The fourth-order valence-electron chi connectivity index (χ4n) is 3.22. The van der Waals surface area contributed by atoms with Gasteiger partial charge in [-0.05, 0) is 49.1 Å². The summed E-state index contributed by atoms with van der Waals surface area (Å²) in [5.41, 5.74) is 1.40. The topological polar surface area (TPSA) is 25.2 Å². The van der Waals surface area contributed by atoms with Crippen molar-refractivity contribution in [3.63, 3.8) is 0 Å². The molecule has 0 spiro atoms. The maximum Gasteiger partial charge on any atom is 0.108 e. The van der Waals surface area contributed by atoms with Crippen molar-refractivity contribution in [2.75, 3.05) is 0 Å². The summed E-state index contributed by atoms with van der Waals surface area (Å²) < 4.78 is 5.60. The molecule has 0 amide bonds. The van der Waals surface area contributed by atoms with Crippen LogP contribution in [0.15, 0.2) is 34.3 Å². The van der Waals surface area contributed by atoms with Crippen LogP contribution in [-0.2, 0) is 6.42 Å². The normalized spacial score (nSPS) is 24.1. The van der Waals surface area contributed by atoms with E-state index in [2.05, 4.69) is 28.9 Å². The second kappa shape index (κ2) is 4.80. The maximum absolute atomic E-state index is 5.60. The van der Waals surface area contributed by atoms with Crippen molar-refractivity contribution in [3.05, 3.63) is 46.0 Å². The molecule has 1 saturated carbocycles. The van der Waals surface area contributed by atoms with E-state index in [1.807, 2.05) is 17.6 Å². The highest BCUT2D eigenvalue weighted by Gasteiger charge is 2.35. The number of furan rings is 1. The molecule has 0 aromatic carbocycles. The molecule has 19 heavy (non-hydrogen) atoms. The molecule has 2 aliphatic carbocycles. The van der Waals surface area contributed by atoms with Crippen LogP contribution in [0.25, 0.3) is 0 Å². The van der Waals surface area contributed by atoms with Gasteiger partial charge in [-0.15, -0.1) is 11.3 Å². The van der Waals surface area contributed by atoms with Crippen molar-refractivity contribution < 1.29 is 4.42 Å². The highest BCUT2D eigenvalue weighted by Crippen LogP contribution is 2.44. The van der Waals surface area contributed by atoms with Gasteiger partial charge < -0.3 is 9.73 Å². The number of aryl methyl sites for hydroxylation is 1. The van der Waals surface area contributed by atoms with E-state index in [4.69, 9.17) is 4.42 Å². The monoisotopic (exact) mass is 273 g/mol. The summed E-state index contributed by atoms with van der Waals surface area (Å²) in [6, 6.07) is 7.63. The fourth-order valence-corrected chi connectivity index (χ4v) is 4.10. The summed E-state index contributed by atoms with van der Waals surface area (Å²) in [7, 11) is 0. The van der Waals surface area contributed by atoms with Gasteiger partial charge in [-0.25, -0.2) is 0 Å². The maximum atomic E-state index is 5.60. The third kappa shape index (κ3) is 2.26. The zero-order valence-corrected chi connectivity index (χ0v) is 11.8. The number of hydrogen-bond acceptors (Lipinski definition) is 3. The van der Waals surface area contributed by atoms with E-state index in [9.17, 15) is 0 Å². The first-order chi connectivity index (χ1) is 9.42. The minimum atomic E-state index is 0.482. The summed E-state index contributed by atoms with van der Waals surface area (Å²) in [6.45, 7) is 0. The average Bonchev–Trinajstić information content (AvgIpc) is 2.94. The molecule has 0 radical (unpaired) electrons. The van der Waals surface area contributed by atoms with E-state index in [-0.39, 0.29) is 0 Å². The van der Waals surface area contributed by atoms with E-state index in [1.165, 1.54) is 41.9 Å². The van der Waals surface area contributed by atoms with Crippen LogP contribution >= 0.6 is 11.3 Å². The van der Waals surface area contributed by atoms with Gasteiger partial charge in [0.25, 0.3) is 0 Å². The molecule has 2 unspecified atom stereocenters. The van der Waals surface area contributed by atoms with E-state index in [0.29, 0.717) is 12.1 Å². The summed E-state index contributed by atoms with van der Waals surface area (Å²) in [6.07, 6.45) is 8.18. The lowest BCUT2D eigenvalue weighted by Crippen LogP contribution is -2.29. The third-order valence-electron chi connectivity index (χ3n) is 4.38. The summed E-state index contributed by atoms with van der Waals surface area (Å²) in [5.74, 6) is 2.04. The molecular formula is C16H19NOS. The van der Waals surface area contributed by atoms with Crippen molar-refractivity contribution in [3.8, 4) is 0 Å². The Morgan fingerprint density at radius 2 is 2.21 bits per heavy atom. The quantitative estimate of drug-likeness (QED) is 0.889. The van der Waals surface area contributed by atoms with Gasteiger partial charge in [0.05, 0.1) is 6.26 Å². The second-order valence-corrected chi connectivity index (χ2v) is 6.72. The molecular weight excluding hydrogens is 254 g/mol. The van der Waals surface area contributed by atoms with Gasteiger partial charge in [-0.2, -0.15) is 0 Å². The zero-order valence-electron chi connectivity index (χ0n) is 11.0. The van der Waals surface area contributed by atoms with Crippen LogP contribution in [0.1, 0.15) is 54.0 Å². The Morgan fingerprint density at radius 1 is 1.26 bits per heavy atom. The van der Waals surface area contributed by atoms with Gasteiger partial charge in [0.15, 0.2) is 0 Å². The standard InChI is InChI=1S/C16H19NOS/c1-3-13(12-8-9-18-14(12)4-1)17-16(11-6-7-11)15-5-2-10-19-15/h2,5,8-11,13,16-17H,1,3-4,6-7H2. The van der Waals surface area contributed by atoms with Crippen molar-refractivity contribution in [2.45, 2.75) is 44.2 Å². The van der Waals surface area contributed by atoms with E-state index in [0.717, 1.165) is 12.3 Å². The highest BCUT2D eigenvalue weighted by atomic mass is 32.1.